The number of hydrogen-bond acceptors (Lipinski definition) is 4. The van der Waals surface area contributed by atoms with Crippen LogP contribution in [0.25, 0.3) is 0 Å². The number of alkyl carbamates (subject to hydrolysis) is 1. The van der Waals surface area contributed by atoms with Crippen molar-refractivity contribution in [2.45, 2.75) is 104 Å². The highest BCUT2D eigenvalue weighted by molar-refractivity contribution is 6.74. The van der Waals surface area contributed by atoms with Crippen molar-refractivity contribution in [3.63, 3.8) is 0 Å². The molecule has 1 rings (SSSR count). The Morgan fingerprint density at radius 2 is 1.60 bits per heavy atom. The van der Waals surface area contributed by atoms with E-state index in [-0.39, 0.29) is 11.1 Å². The molecule has 0 unspecified atom stereocenters. The zero-order valence-electron chi connectivity index (χ0n) is 20.6. The van der Waals surface area contributed by atoms with Crippen molar-refractivity contribution in [2.75, 3.05) is 6.54 Å². The number of carbonyl (C=O) groups excluding carboxylic acids is 1. The molecule has 2 atom stereocenters. The highest BCUT2D eigenvalue weighted by atomic mass is 28.4. The molecule has 6 heteroatoms. The fraction of sp³-hybridized carbons (Fsp3) is 0.708. The SMILES string of the molecule is CC(C)c1ccccc1[C@@H](O)C[C@H](CNC(=O)OC(C)(C)C)O[Si](C)(C)C(C)(C)C. The van der Waals surface area contributed by atoms with Gasteiger partial charge in [-0.25, -0.2) is 4.79 Å². The number of nitrogens with one attached hydrogen (secondary N) is 1. The predicted molar refractivity (Wildman–Crippen MR) is 126 cm³/mol. The van der Waals surface area contributed by atoms with E-state index in [9.17, 15) is 9.90 Å². The van der Waals surface area contributed by atoms with Gasteiger partial charge in [-0.15, -0.1) is 0 Å². The van der Waals surface area contributed by atoms with Crippen molar-refractivity contribution in [2.24, 2.45) is 0 Å². The molecule has 0 aliphatic carbocycles. The largest absolute Gasteiger partial charge is 0.444 e. The van der Waals surface area contributed by atoms with Crippen LogP contribution in [0.1, 0.15) is 85.0 Å². The Hall–Kier alpha value is -1.37. The van der Waals surface area contributed by atoms with Crippen molar-refractivity contribution in [1.29, 1.82) is 0 Å². The van der Waals surface area contributed by atoms with E-state index in [0.717, 1.165) is 11.1 Å². The van der Waals surface area contributed by atoms with Gasteiger partial charge in [0.05, 0.1) is 12.2 Å². The molecule has 0 radical (unpaired) electrons. The van der Waals surface area contributed by atoms with E-state index in [1.807, 2.05) is 39.0 Å². The minimum absolute atomic E-state index is 0.0258. The fourth-order valence-electron chi connectivity index (χ4n) is 2.99. The van der Waals surface area contributed by atoms with E-state index >= 15 is 0 Å². The third kappa shape index (κ3) is 8.40. The second kappa shape index (κ2) is 10.3. The molecule has 0 aliphatic rings. The molecule has 0 aromatic heterocycles. The Bertz CT molecular complexity index is 689. The van der Waals surface area contributed by atoms with Gasteiger partial charge in [0, 0.05) is 13.0 Å². The van der Waals surface area contributed by atoms with E-state index in [2.05, 4.69) is 59.1 Å². The highest BCUT2D eigenvalue weighted by Gasteiger charge is 2.39. The van der Waals surface area contributed by atoms with Gasteiger partial charge in [-0.1, -0.05) is 58.9 Å². The molecule has 1 aromatic carbocycles. The Balaban J connectivity index is 3.01. The summed E-state index contributed by atoms with van der Waals surface area (Å²) in [5.74, 6) is 0.315. The summed E-state index contributed by atoms with van der Waals surface area (Å²) >= 11 is 0. The summed E-state index contributed by atoms with van der Waals surface area (Å²) in [6.45, 7) is 21.0. The quantitative estimate of drug-likeness (QED) is 0.479. The Morgan fingerprint density at radius 3 is 2.07 bits per heavy atom. The van der Waals surface area contributed by atoms with Crippen LogP contribution in [0.15, 0.2) is 24.3 Å². The Morgan fingerprint density at radius 1 is 1.07 bits per heavy atom. The smallest absolute Gasteiger partial charge is 0.407 e. The van der Waals surface area contributed by atoms with Crippen LogP contribution in [-0.2, 0) is 9.16 Å². The topological polar surface area (TPSA) is 67.8 Å². The van der Waals surface area contributed by atoms with E-state index in [1.54, 1.807) is 0 Å². The summed E-state index contributed by atoms with van der Waals surface area (Å²) < 4.78 is 12.0. The van der Waals surface area contributed by atoms with E-state index < -0.39 is 26.1 Å². The van der Waals surface area contributed by atoms with Crippen LogP contribution >= 0.6 is 0 Å². The number of ether oxygens (including phenoxy) is 1. The molecular weight excluding hydrogens is 394 g/mol. The molecule has 0 bridgehead atoms. The maximum atomic E-state index is 12.2. The lowest BCUT2D eigenvalue weighted by molar-refractivity contribution is 0.0452. The molecule has 0 saturated carbocycles. The van der Waals surface area contributed by atoms with Crippen LogP contribution in [0.3, 0.4) is 0 Å². The van der Waals surface area contributed by atoms with Crippen molar-refractivity contribution in [1.82, 2.24) is 5.32 Å². The first-order chi connectivity index (χ1) is 13.5. The zero-order valence-corrected chi connectivity index (χ0v) is 21.6. The van der Waals surface area contributed by atoms with E-state index in [0.29, 0.717) is 18.9 Å². The summed E-state index contributed by atoms with van der Waals surface area (Å²) in [5, 5.41) is 13.9. The van der Waals surface area contributed by atoms with Gasteiger partial charge in [0.15, 0.2) is 8.32 Å². The average molecular weight is 438 g/mol. The summed E-state index contributed by atoms with van der Waals surface area (Å²) in [5.41, 5.74) is 1.50. The number of hydrogen-bond donors (Lipinski definition) is 2. The molecule has 2 N–H and O–H groups in total. The van der Waals surface area contributed by atoms with Crippen molar-refractivity contribution in [3.05, 3.63) is 35.4 Å². The van der Waals surface area contributed by atoms with E-state index in [4.69, 9.17) is 9.16 Å². The van der Waals surface area contributed by atoms with Crippen molar-refractivity contribution >= 4 is 14.4 Å². The lowest BCUT2D eigenvalue weighted by Gasteiger charge is -2.40. The zero-order chi connectivity index (χ0) is 23.3. The normalized spacial score (nSPS) is 15.1. The third-order valence-electron chi connectivity index (χ3n) is 5.60. The number of amides is 1. The van der Waals surface area contributed by atoms with Gasteiger partial charge in [-0.2, -0.15) is 0 Å². The molecule has 0 fully saturated rings. The Labute approximate surface area is 184 Å². The van der Waals surface area contributed by atoms with Gasteiger partial charge in [0.1, 0.15) is 5.60 Å². The number of aliphatic hydroxyl groups excluding tert-OH is 1. The molecule has 30 heavy (non-hydrogen) atoms. The molecule has 1 amide bonds. The number of aliphatic hydroxyl groups is 1. The van der Waals surface area contributed by atoms with Crippen molar-refractivity contribution in [3.8, 4) is 0 Å². The molecule has 5 nitrogen and oxygen atoms in total. The Kier molecular flexibility index (Phi) is 9.15. The summed E-state index contributed by atoms with van der Waals surface area (Å²) in [6, 6.07) is 7.99. The van der Waals surface area contributed by atoms with Crippen LogP contribution in [0.5, 0.6) is 0 Å². The van der Waals surface area contributed by atoms with Gasteiger partial charge in [-0.05, 0) is 55.9 Å². The first-order valence-corrected chi connectivity index (χ1v) is 13.9. The molecule has 0 aliphatic heterocycles. The van der Waals surface area contributed by atoms with Gasteiger partial charge in [0.25, 0.3) is 0 Å². The van der Waals surface area contributed by atoms with Crippen LogP contribution < -0.4 is 5.32 Å². The number of rotatable bonds is 8. The fourth-order valence-corrected chi connectivity index (χ4v) is 4.36. The van der Waals surface area contributed by atoms with Gasteiger partial charge < -0.3 is 19.6 Å². The molecule has 172 valence electrons. The number of benzene rings is 1. The lowest BCUT2D eigenvalue weighted by Crippen LogP contribution is -2.48. The first kappa shape index (κ1) is 26.7. The van der Waals surface area contributed by atoms with Crippen molar-refractivity contribution < 1.29 is 19.1 Å². The lowest BCUT2D eigenvalue weighted by atomic mass is 9.92. The van der Waals surface area contributed by atoms with Gasteiger partial charge >= 0.3 is 6.09 Å². The monoisotopic (exact) mass is 437 g/mol. The minimum Gasteiger partial charge on any atom is -0.444 e. The summed E-state index contributed by atoms with van der Waals surface area (Å²) in [4.78, 5) is 12.2. The second-order valence-electron chi connectivity index (χ2n) is 10.9. The van der Waals surface area contributed by atoms with Crippen LogP contribution in [-0.4, -0.2) is 37.8 Å². The minimum atomic E-state index is -2.09. The maximum Gasteiger partial charge on any atom is 0.407 e. The molecule has 1 aromatic rings. The first-order valence-electron chi connectivity index (χ1n) is 10.9. The molecular formula is C24H43NO4Si. The molecule has 0 heterocycles. The highest BCUT2D eigenvalue weighted by Crippen LogP contribution is 2.38. The van der Waals surface area contributed by atoms with Crippen LogP contribution in [0.4, 0.5) is 4.79 Å². The summed E-state index contributed by atoms with van der Waals surface area (Å²) in [7, 11) is -2.09. The third-order valence-corrected chi connectivity index (χ3v) is 10.1. The second-order valence-corrected chi connectivity index (χ2v) is 15.7. The van der Waals surface area contributed by atoms with Crippen LogP contribution in [0, 0.1) is 0 Å². The number of carbonyl (C=O) groups is 1. The predicted octanol–water partition coefficient (Wildman–Crippen LogP) is 6.15. The van der Waals surface area contributed by atoms with Gasteiger partial charge in [0.2, 0.25) is 0 Å². The van der Waals surface area contributed by atoms with Crippen LogP contribution in [0.2, 0.25) is 18.1 Å². The average Bonchev–Trinajstić information content (AvgIpc) is 2.56. The van der Waals surface area contributed by atoms with E-state index in [1.165, 1.54) is 0 Å². The van der Waals surface area contributed by atoms with Gasteiger partial charge in [-0.3, -0.25) is 0 Å². The molecule has 0 spiro atoms. The maximum absolute atomic E-state index is 12.2. The standard InChI is InChI=1S/C24H43NO4Si/c1-17(2)19-13-11-12-14-20(19)21(26)15-18(29-30(9,10)24(6,7)8)16-25-22(27)28-23(3,4)5/h11-14,17-18,21,26H,15-16H2,1-10H3,(H,25,27)/t18-,21+/m1/s1. The molecule has 0 saturated heterocycles. The summed E-state index contributed by atoms with van der Waals surface area (Å²) in [6.07, 6.45) is -1.04.